The monoisotopic (exact) mass is 257 g/mol. The predicted molar refractivity (Wildman–Crippen MR) is 75.1 cm³/mol. The van der Waals surface area contributed by atoms with E-state index in [0.717, 1.165) is 43.4 Å². The molecule has 0 aliphatic heterocycles. The normalized spacial score (nSPS) is 10.6. The minimum atomic E-state index is 0.417. The van der Waals surface area contributed by atoms with Gasteiger partial charge in [-0.05, 0) is 13.3 Å². The van der Waals surface area contributed by atoms with Gasteiger partial charge in [-0.2, -0.15) is 0 Å². The molecule has 0 unspecified atom stereocenters. The molecule has 4 nitrogen and oxygen atoms in total. The molecule has 0 atom stereocenters. The molecule has 0 spiro atoms. The number of aryl methyl sites for hydroxylation is 2. The van der Waals surface area contributed by atoms with E-state index in [-0.39, 0.29) is 0 Å². The molecular formula is C15H19N3O. The van der Waals surface area contributed by atoms with Gasteiger partial charge in [0.05, 0.1) is 5.69 Å². The van der Waals surface area contributed by atoms with Crippen molar-refractivity contribution in [3.63, 3.8) is 0 Å². The molecule has 100 valence electrons. The van der Waals surface area contributed by atoms with E-state index in [0.29, 0.717) is 5.69 Å². The summed E-state index contributed by atoms with van der Waals surface area (Å²) in [6.45, 7) is 5.01. The molecule has 19 heavy (non-hydrogen) atoms. The molecule has 0 aliphatic carbocycles. The van der Waals surface area contributed by atoms with Crippen LogP contribution in [0, 0.1) is 6.92 Å². The second-order valence-electron chi connectivity index (χ2n) is 4.74. The predicted octanol–water partition coefficient (Wildman–Crippen LogP) is 3.26. The number of carbonyl (C=O) groups is 1. The van der Waals surface area contributed by atoms with Gasteiger partial charge in [0.1, 0.15) is 0 Å². The van der Waals surface area contributed by atoms with E-state index < -0.39 is 0 Å². The van der Waals surface area contributed by atoms with Crippen molar-refractivity contribution in [1.29, 1.82) is 0 Å². The lowest BCUT2D eigenvalue weighted by atomic mass is 10.1. The van der Waals surface area contributed by atoms with Crippen LogP contribution in [0.25, 0.3) is 11.3 Å². The molecule has 0 saturated carbocycles. The zero-order valence-corrected chi connectivity index (χ0v) is 11.5. The Labute approximate surface area is 113 Å². The third-order valence-electron chi connectivity index (χ3n) is 3.17. The number of carbonyl (C=O) groups excluding carboxylic acids is 1. The number of rotatable bonds is 6. The average Bonchev–Trinajstić information content (AvgIpc) is 2.83. The van der Waals surface area contributed by atoms with Gasteiger partial charge in [0.2, 0.25) is 0 Å². The van der Waals surface area contributed by atoms with Gasteiger partial charge in [0, 0.05) is 12.1 Å². The largest absolute Gasteiger partial charge is 0.296 e. The first-order valence-electron chi connectivity index (χ1n) is 6.72. The molecule has 1 aromatic heterocycles. The van der Waals surface area contributed by atoms with Gasteiger partial charge in [0.15, 0.2) is 12.0 Å². The van der Waals surface area contributed by atoms with Crippen LogP contribution in [0.5, 0.6) is 0 Å². The molecular weight excluding hydrogens is 238 g/mol. The van der Waals surface area contributed by atoms with Crippen molar-refractivity contribution >= 4 is 6.29 Å². The number of hydrogen-bond donors (Lipinski definition) is 0. The number of hydrogen-bond acceptors (Lipinski definition) is 3. The van der Waals surface area contributed by atoms with Crippen molar-refractivity contribution in [2.45, 2.75) is 39.7 Å². The summed E-state index contributed by atoms with van der Waals surface area (Å²) < 4.78 is 1.84. The highest BCUT2D eigenvalue weighted by molar-refractivity contribution is 5.83. The molecule has 0 amide bonds. The van der Waals surface area contributed by atoms with Crippen LogP contribution in [0.15, 0.2) is 24.3 Å². The lowest BCUT2D eigenvalue weighted by molar-refractivity contribution is 0.111. The van der Waals surface area contributed by atoms with Gasteiger partial charge in [-0.25, -0.2) is 4.68 Å². The highest BCUT2D eigenvalue weighted by atomic mass is 16.1. The van der Waals surface area contributed by atoms with Crippen molar-refractivity contribution in [2.75, 3.05) is 0 Å². The molecule has 1 aromatic carbocycles. The molecule has 0 N–H and O–H groups in total. The van der Waals surface area contributed by atoms with Gasteiger partial charge in [-0.1, -0.05) is 54.8 Å². The van der Waals surface area contributed by atoms with E-state index in [1.54, 1.807) is 0 Å². The first-order chi connectivity index (χ1) is 9.26. The van der Waals surface area contributed by atoms with Gasteiger partial charge in [-0.3, -0.25) is 4.79 Å². The molecule has 0 radical (unpaired) electrons. The maximum atomic E-state index is 11.1. The van der Waals surface area contributed by atoms with Crippen molar-refractivity contribution < 1.29 is 4.79 Å². The van der Waals surface area contributed by atoms with E-state index >= 15 is 0 Å². The summed E-state index contributed by atoms with van der Waals surface area (Å²) >= 11 is 0. The second-order valence-corrected chi connectivity index (χ2v) is 4.74. The zero-order valence-electron chi connectivity index (χ0n) is 11.5. The highest BCUT2D eigenvalue weighted by Gasteiger charge is 2.13. The van der Waals surface area contributed by atoms with E-state index in [1.165, 1.54) is 5.56 Å². The molecule has 2 rings (SSSR count). The van der Waals surface area contributed by atoms with Crippen LogP contribution in [-0.4, -0.2) is 21.3 Å². The van der Waals surface area contributed by atoms with E-state index in [9.17, 15) is 4.79 Å². The second kappa shape index (κ2) is 6.27. The summed E-state index contributed by atoms with van der Waals surface area (Å²) in [6, 6.07) is 8.09. The topological polar surface area (TPSA) is 47.8 Å². The number of aromatic nitrogens is 3. The Balaban J connectivity index is 2.33. The van der Waals surface area contributed by atoms with Crippen LogP contribution in [0.4, 0.5) is 0 Å². The molecule has 0 fully saturated rings. The first-order valence-corrected chi connectivity index (χ1v) is 6.72. The summed E-state index contributed by atoms with van der Waals surface area (Å²) in [4.78, 5) is 11.1. The minimum Gasteiger partial charge on any atom is -0.296 e. The van der Waals surface area contributed by atoms with E-state index in [1.807, 2.05) is 35.9 Å². The Kier molecular flexibility index (Phi) is 4.44. The molecule has 4 heteroatoms. The first kappa shape index (κ1) is 13.5. The third kappa shape index (κ3) is 3.08. The molecule has 2 aromatic rings. The zero-order chi connectivity index (χ0) is 13.7. The van der Waals surface area contributed by atoms with E-state index in [2.05, 4.69) is 17.2 Å². The van der Waals surface area contributed by atoms with Crippen molar-refractivity contribution in [3.05, 3.63) is 35.5 Å². The van der Waals surface area contributed by atoms with Gasteiger partial charge >= 0.3 is 0 Å². The Hall–Kier alpha value is -1.97. The Morgan fingerprint density at radius 2 is 1.95 bits per heavy atom. The Bertz CT molecular complexity index is 543. The summed E-state index contributed by atoms with van der Waals surface area (Å²) in [5.74, 6) is 0. The fraction of sp³-hybridized carbons (Fsp3) is 0.400. The number of unbranched alkanes of at least 4 members (excludes halogenated alkanes) is 2. The van der Waals surface area contributed by atoms with Crippen molar-refractivity contribution in [1.82, 2.24) is 15.0 Å². The highest BCUT2D eigenvalue weighted by Crippen LogP contribution is 2.22. The summed E-state index contributed by atoms with van der Waals surface area (Å²) in [5, 5.41) is 8.05. The number of benzene rings is 1. The third-order valence-corrected chi connectivity index (χ3v) is 3.17. The number of aldehydes is 1. The minimum absolute atomic E-state index is 0.417. The molecule has 0 aliphatic rings. The fourth-order valence-corrected chi connectivity index (χ4v) is 2.08. The molecule has 0 bridgehead atoms. The summed E-state index contributed by atoms with van der Waals surface area (Å²) in [5.41, 5.74) is 3.43. The van der Waals surface area contributed by atoms with Crippen LogP contribution in [0.2, 0.25) is 0 Å². The standard InChI is InChI=1S/C15H19N3O/c1-3-4-5-10-18-15(14(11-19)16-17-18)13-8-6-12(2)7-9-13/h6-9,11H,3-5,10H2,1-2H3. The maximum Gasteiger partial charge on any atom is 0.172 e. The molecule has 1 heterocycles. The van der Waals surface area contributed by atoms with Gasteiger partial charge in [0.25, 0.3) is 0 Å². The van der Waals surface area contributed by atoms with Crippen molar-refractivity contribution in [3.8, 4) is 11.3 Å². The van der Waals surface area contributed by atoms with Crippen LogP contribution in [-0.2, 0) is 6.54 Å². The SMILES string of the molecule is CCCCCn1nnc(C=O)c1-c1ccc(C)cc1. The van der Waals surface area contributed by atoms with E-state index in [4.69, 9.17) is 0 Å². The van der Waals surface area contributed by atoms with Crippen LogP contribution in [0.1, 0.15) is 42.2 Å². The maximum absolute atomic E-state index is 11.1. The Morgan fingerprint density at radius 3 is 2.58 bits per heavy atom. The average molecular weight is 257 g/mol. The van der Waals surface area contributed by atoms with Crippen LogP contribution in [0.3, 0.4) is 0 Å². The molecule has 0 saturated heterocycles. The van der Waals surface area contributed by atoms with Gasteiger partial charge < -0.3 is 0 Å². The fourth-order valence-electron chi connectivity index (χ4n) is 2.08. The van der Waals surface area contributed by atoms with Gasteiger partial charge in [-0.15, -0.1) is 5.10 Å². The van der Waals surface area contributed by atoms with Crippen LogP contribution >= 0.6 is 0 Å². The smallest absolute Gasteiger partial charge is 0.172 e. The summed E-state index contributed by atoms with van der Waals surface area (Å²) in [6.07, 6.45) is 4.15. The lowest BCUT2D eigenvalue weighted by Gasteiger charge is -2.07. The quantitative estimate of drug-likeness (QED) is 0.589. The Morgan fingerprint density at radius 1 is 1.21 bits per heavy atom. The number of nitrogens with zero attached hydrogens (tertiary/aromatic N) is 3. The summed E-state index contributed by atoms with van der Waals surface area (Å²) in [7, 11) is 0. The van der Waals surface area contributed by atoms with Crippen molar-refractivity contribution in [2.24, 2.45) is 0 Å². The van der Waals surface area contributed by atoms with Crippen LogP contribution < -0.4 is 0 Å². The lowest BCUT2D eigenvalue weighted by Crippen LogP contribution is -2.03.